The molecule has 1 aliphatic carbocycles. The second-order valence-corrected chi connectivity index (χ2v) is 5.45. The van der Waals surface area contributed by atoms with Crippen molar-refractivity contribution in [2.75, 3.05) is 7.05 Å². The molecule has 3 rings (SSSR count). The number of hydrogen-bond acceptors (Lipinski definition) is 2. The predicted molar refractivity (Wildman–Crippen MR) is 69.4 cm³/mol. The minimum atomic E-state index is 0.424. The van der Waals surface area contributed by atoms with Crippen LogP contribution in [-0.4, -0.2) is 19.2 Å². The number of nitrogens with one attached hydrogen (secondary N) is 1. The molecular formula is C15H21NO. The Labute approximate surface area is 103 Å². The van der Waals surface area contributed by atoms with Crippen LogP contribution in [0.25, 0.3) is 0 Å². The van der Waals surface area contributed by atoms with Crippen molar-refractivity contribution in [3.63, 3.8) is 0 Å². The van der Waals surface area contributed by atoms with Gasteiger partial charge in [-0.3, -0.25) is 0 Å². The molecule has 2 nitrogen and oxygen atoms in total. The molecule has 1 aliphatic heterocycles. The summed E-state index contributed by atoms with van der Waals surface area (Å²) in [4.78, 5) is 0. The van der Waals surface area contributed by atoms with Crippen molar-refractivity contribution in [1.29, 1.82) is 0 Å². The van der Waals surface area contributed by atoms with Gasteiger partial charge in [-0.05, 0) is 50.3 Å². The monoisotopic (exact) mass is 231 g/mol. The predicted octanol–water partition coefficient (Wildman–Crippen LogP) is 2.77. The Kier molecular flexibility index (Phi) is 3.06. The van der Waals surface area contributed by atoms with Gasteiger partial charge in [0.1, 0.15) is 11.9 Å². The molecule has 0 bridgehead atoms. The van der Waals surface area contributed by atoms with Crippen molar-refractivity contribution < 1.29 is 4.74 Å². The molecule has 17 heavy (non-hydrogen) atoms. The number of rotatable bonds is 3. The second kappa shape index (κ2) is 4.69. The van der Waals surface area contributed by atoms with E-state index in [-0.39, 0.29) is 0 Å². The smallest absolute Gasteiger partial charge is 0.123 e. The SMILES string of the molecule is CNC1CCC(CC2Cc3ccccc3O2)C1. The standard InChI is InChI=1S/C15H21NO/c1-16-13-7-6-11(8-13)9-14-10-12-4-2-3-5-15(12)17-14/h2-5,11,13-14,16H,6-10H2,1H3. The Balaban J connectivity index is 1.56. The lowest BCUT2D eigenvalue weighted by Gasteiger charge is -2.16. The van der Waals surface area contributed by atoms with Crippen molar-refractivity contribution in [1.82, 2.24) is 5.32 Å². The maximum absolute atomic E-state index is 6.02. The highest BCUT2D eigenvalue weighted by Gasteiger charge is 2.29. The van der Waals surface area contributed by atoms with E-state index in [0.29, 0.717) is 6.10 Å². The van der Waals surface area contributed by atoms with Crippen LogP contribution in [0.2, 0.25) is 0 Å². The first kappa shape index (κ1) is 11.1. The van der Waals surface area contributed by atoms with Crippen molar-refractivity contribution in [2.24, 2.45) is 5.92 Å². The lowest BCUT2D eigenvalue weighted by molar-refractivity contribution is 0.193. The highest BCUT2D eigenvalue weighted by molar-refractivity contribution is 5.37. The molecule has 1 fully saturated rings. The number of para-hydroxylation sites is 1. The van der Waals surface area contributed by atoms with Crippen LogP contribution in [0.15, 0.2) is 24.3 Å². The lowest BCUT2D eigenvalue weighted by Crippen LogP contribution is -2.22. The van der Waals surface area contributed by atoms with Crippen LogP contribution in [0.5, 0.6) is 5.75 Å². The van der Waals surface area contributed by atoms with Gasteiger partial charge in [-0.1, -0.05) is 18.2 Å². The van der Waals surface area contributed by atoms with Crippen molar-refractivity contribution in [3.05, 3.63) is 29.8 Å². The molecule has 0 saturated heterocycles. The number of benzene rings is 1. The van der Waals surface area contributed by atoms with Crippen LogP contribution >= 0.6 is 0 Å². The average Bonchev–Trinajstić information content (AvgIpc) is 2.94. The first-order chi connectivity index (χ1) is 8.35. The van der Waals surface area contributed by atoms with Gasteiger partial charge in [-0.15, -0.1) is 0 Å². The molecule has 1 aromatic rings. The summed E-state index contributed by atoms with van der Waals surface area (Å²) < 4.78 is 6.02. The minimum absolute atomic E-state index is 0.424. The zero-order valence-electron chi connectivity index (χ0n) is 10.5. The first-order valence-electron chi connectivity index (χ1n) is 6.77. The first-order valence-corrected chi connectivity index (χ1v) is 6.77. The van der Waals surface area contributed by atoms with E-state index in [0.717, 1.165) is 24.1 Å². The minimum Gasteiger partial charge on any atom is -0.490 e. The van der Waals surface area contributed by atoms with E-state index >= 15 is 0 Å². The molecule has 0 radical (unpaired) electrons. The van der Waals surface area contributed by atoms with Gasteiger partial charge in [-0.2, -0.15) is 0 Å². The summed E-state index contributed by atoms with van der Waals surface area (Å²) in [7, 11) is 2.08. The molecule has 1 aromatic carbocycles. The fraction of sp³-hybridized carbons (Fsp3) is 0.600. The van der Waals surface area contributed by atoms with Crippen LogP contribution in [0.1, 0.15) is 31.2 Å². The van der Waals surface area contributed by atoms with E-state index in [1.165, 1.54) is 31.2 Å². The zero-order chi connectivity index (χ0) is 11.7. The van der Waals surface area contributed by atoms with Gasteiger partial charge < -0.3 is 10.1 Å². The van der Waals surface area contributed by atoms with Gasteiger partial charge in [0.05, 0.1) is 0 Å². The topological polar surface area (TPSA) is 21.3 Å². The molecule has 1 heterocycles. The molecule has 2 heteroatoms. The summed E-state index contributed by atoms with van der Waals surface area (Å²) in [6, 6.07) is 9.20. The maximum Gasteiger partial charge on any atom is 0.123 e. The van der Waals surface area contributed by atoms with Gasteiger partial charge in [0.2, 0.25) is 0 Å². The van der Waals surface area contributed by atoms with Crippen molar-refractivity contribution in [2.45, 2.75) is 44.2 Å². The maximum atomic E-state index is 6.02. The van der Waals surface area contributed by atoms with Gasteiger partial charge in [0.25, 0.3) is 0 Å². The van der Waals surface area contributed by atoms with E-state index in [2.05, 4.69) is 36.6 Å². The molecular weight excluding hydrogens is 210 g/mol. The molecule has 92 valence electrons. The Bertz CT molecular complexity index is 365. The third-order valence-corrected chi connectivity index (χ3v) is 4.26. The highest BCUT2D eigenvalue weighted by Crippen LogP contribution is 2.35. The Morgan fingerprint density at radius 1 is 1.29 bits per heavy atom. The molecule has 0 spiro atoms. The van der Waals surface area contributed by atoms with Gasteiger partial charge >= 0.3 is 0 Å². The number of hydrogen-bond donors (Lipinski definition) is 1. The molecule has 3 atom stereocenters. The average molecular weight is 231 g/mol. The Hall–Kier alpha value is -1.02. The van der Waals surface area contributed by atoms with Crippen LogP contribution in [0, 0.1) is 5.92 Å². The lowest BCUT2D eigenvalue weighted by atomic mass is 9.97. The quantitative estimate of drug-likeness (QED) is 0.863. The van der Waals surface area contributed by atoms with Crippen LogP contribution in [-0.2, 0) is 6.42 Å². The van der Waals surface area contributed by atoms with Gasteiger partial charge in [0.15, 0.2) is 0 Å². The zero-order valence-corrected chi connectivity index (χ0v) is 10.5. The summed E-state index contributed by atoms with van der Waals surface area (Å²) in [5.74, 6) is 1.97. The van der Waals surface area contributed by atoms with Crippen LogP contribution in [0.4, 0.5) is 0 Å². The van der Waals surface area contributed by atoms with Gasteiger partial charge in [-0.25, -0.2) is 0 Å². The van der Waals surface area contributed by atoms with Crippen LogP contribution in [0.3, 0.4) is 0 Å². The largest absolute Gasteiger partial charge is 0.490 e. The second-order valence-electron chi connectivity index (χ2n) is 5.45. The fourth-order valence-electron chi connectivity index (χ4n) is 3.31. The van der Waals surface area contributed by atoms with Crippen molar-refractivity contribution >= 4 is 0 Å². The van der Waals surface area contributed by atoms with E-state index in [9.17, 15) is 0 Å². The van der Waals surface area contributed by atoms with E-state index in [4.69, 9.17) is 4.74 Å². The highest BCUT2D eigenvalue weighted by atomic mass is 16.5. The van der Waals surface area contributed by atoms with Crippen molar-refractivity contribution in [3.8, 4) is 5.75 Å². The van der Waals surface area contributed by atoms with Gasteiger partial charge in [0, 0.05) is 12.5 Å². The fourth-order valence-corrected chi connectivity index (χ4v) is 3.31. The molecule has 0 amide bonds. The normalized spacial score (nSPS) is 31.2. The molecule has 1 N–H and O–H groups in total. The third kappa shape index (κ3) is 2.32. The Morgan fingerprint density at radius 2 is 2.18 bits per heavy atom. The Morgan fingerprint density at radius 3 is 2.94 bits per heavy atom. The summed E-state index contributed by atoms with van der Waals surface area (Å²) in [6.45, 7) is 0. The molecule has 0 aromatic heterocycles. The molecule has 3 unspecified atom stereocenters. The summed E-state index contributed by atoms with van der Waals surface area (Å²) in [6.07, 6.45) is 6.78. The summed E-state index contributed by atoms with van der Waals surface area (Å²) >= 11 is 0. The van der Waals surface area contributed by atoms with Crippen LogP contribution < -0.4 is 10.1 Å². The number of fused-ring (bicyclic) bond motifs is 1. The van der Waals surface area contributed by atoms with E-state index in [1.807, 2.05) is 0 Å². The number of ether oxygens (including phenoxy) is 1. The van der Waals surface area contributed by atoms with E-state index in [1.54, 1.807) is 0 Å². The third-order valence-electron chi connectivity index (χ3n) is 4.26. The summed E-state index contributed by atoms with van der Waals surface area (Å²) in [5.41, 5.74) is 1.39. The summed E-state index contributed by atoms with van der Waals surface area (Å²) in [5, 5.41) is 3.40. The molecule has 2 aliphatic rings. The van der Waals surface area contributed by atoms with E-state index < -0.39 is 0 Å². The molecule has 1 saturated carbocycles.